The Morgan fingerprint density at radius 2 is 1.75 bits per heavy atom. The largest absolute Gasteiger partial charge is 0.397 e. The number of benzene rings is 1. The maximum Gasteiger partial charge on any atom is 0.198 e. The van der Waals surface area contributed by atoms with Crippen LogP contribution in [0.25, 0.3) is 0 Å². The first-order chi connectivity index (χ1) is 9.41. The van der Waals surface area contributed by atoms with Crippen molar-refractivity contribution in [3.05, 3.63) is 46.1 Å². The van der Waals surface area contributed by atoms with Gasteiger partial charge in [-0.25, -0.2) is 0 Å². The minimum absolute atomic E-state index is 0.0303. The maximum atomic E-state index is 12.5. The normalized spacial score (nSPS) is 17.9. The number of hydrogen-bond donors (Lipinski definition) is 2. The lowest BCUT2D eigenvalue weighted by molar-refractivity contribution is -0.114. The first kappa shape index (κ1) is 12.3. The summed E-state index contributed by atoms with van der Waals surface area (Å²) in [5.74, 6) is -1.18. The predicted octanol–water partition coefficient (Wildman–Crippen LogP) is 1.45. The molecule has 0 heterocycles. The zero-order valence-electron chi connectivity index (χ0n) is 10.8. The summed E-state index contributed by atoms with van der Waals surface area (Å²) in [5, 5.41) is 0. The van der Waals surface area contributed by atoms with Gasteiger partial charge in [-0.3, -0.25) is 14.4 Å². The number of hydrogen-bond acceptors (Lipinski definition) is 5. The van der Waals surface area contributed by atoms with E-state index in [9.17, 15) is 14.4 Å². The van der Waals surface area contributed by atoms with Crippen molar-refractivity contribution >= 4 is 28.7 Å². The van der Waals surface area contributed by atoms with Crippen molar-refractivity contribution in [3.8, 4) is 0 Å². The average molecular weight is 268 g/mol. The van der Waals surface area contributed by atoms with Crippen molar-refractivity contribution in [1.29, 1.82) is 0 Å². The Morgan fingerprint density at radius 3 is 2.45 bits per heavy atom. The standard InChI is InChI=1S/C15H12N2O3/c1-6-4-8-11(10(18)5-6)14(19)7-2-3-9(16)13(17)12(7)15(8)20/h2-4H,5,16-17H2,1H3. The highest BCUT2D eigenvalue weighted by Gasteiger charge is 2.38. The minimum atomic E-state index is -0.449. The third-order valence-electron chi connectivity index (χ3n) is 3.60. The lowest BCUT2D eigenvalue weighted by atomic mass is 9.77. The van der Waals surface area contributed by atoms with Crippen LogP contribution in [0.15, 0.2) is 34.9 Å². The van der Waals surface area contributed by atoms with Crippen LogP contribution in [0.2, 0.25) is 0 Å². The molecule has 1 aromatic rings. The van der Waals surface area contributed by atoms with Crippen LogP contribution in [0.3, 0.4) is 0 Å². The van der Waals surface area contributed by atoms with Crippen LogP contribution in [-0.4, -0.2) is 17.3 Å². The number of fused-ring (bicyclic) bond motifs is 1. The van der Waals surface area contributed by atoms with Crippen LogP contribution in [0.1, 0.15) is 34.1 Å². The second-order valence-corrected chi connectivity index (χ2v) is 5.03. The average Bonchev–Trinajstić information content (AvgIpc) is 2.38. The molecule has 20 heavy (non-hydrogen) atoms. The van der Waals surface area contributed by atoms with Gasteiger partial charge < -0.3 is 11.5 Å². The molecule has 0 spiro atoms. The van der Waals surface area contributed by atoms with E-state index in [4.69, 9.17) is 11.5 Å². The summed E-state index contributed by atoms with van der Waals surface area (Å²) < 4.78 is 0. The van der Waals surface area contributed by atoms with Gasteiger partial charge >= 0.3 is 0 Å². The second kappa shape index (κ2) is 3.90. The van der Waals surface area contributed by atoms with Gasteiger partial charge in [-0.05, 0) is 19.1 Å². The lowest BCUT2D eigenvalue weighted by Crippen LogP contribution is -2.29. The van der Waals surface area contributed by atoms with Crippen LogP contribution in [0.4, 0.5) is 11.4 Å². The fraction of sp³-hybridized carbons (Fsp3) is 0.133. The van der Waals surface area contributed by atoms with E-state index in [1.165, 1.54) is 12.1 Å². The number of carbonyl (C=O) groups is 3. The summed E-state index contributed by atoms with van der Waals surface area (Å²) in [6, 6.07) is 2.92. The SMILES string of the molecule is CC1=CC2=C(C(=O)C1)C(=O)c1ccc(N)c(N)c1C2=O. The van der Waals surface area contributed by atoms with Crippen molar-refractivity contribution in [2.45, 2.75) is 13.3 Å². The van der Waals surface area contributed by atoms with Gasteiger partial charge in [0, 0.05) is 17.6 Å². The van der Waals surface area contributed by atoms with Crippen molar-refractivity contribution in [2.75, 3.05) is 11.5 Å². The predicted molar refractivity (Wildman–Crippen MR) is 74.3 cm³/mol. The van der Waals surface area contributed by atoms with E-state index >= 15 is 0 Å². The van der Waals surface area contributed by atoms with Crippen LogP contribution in [0, 0.1) is 0 Å². The zero-order chi connectivity index (χ0) is 14.6. The van der Waals surface area contributed by atoms with Gasteiger partial charge in [-0.2, -0.15) is 0 Å². The van der Waals surface area contributed by atoms with Gasteiger partial charge in [0.1, 0.15) is 0 Å². The van der Waals surface area contributed by atoms with Crippen molar-refractivity contribution < 1.29 is 14.4 Å². The fourth-order valence-corrected chi connectivity index (χ4v) is 2.63. The van der Waals surface area contributed by atoms with Crippen LogP contribution in [-0.2, 0) is 4.79 Å². The lowest BCUT2D eigenvalue weighted by Gasteiger charge is -2.23. The van der Waals surface area contributed by atoms with Crippen molar-refractivity contribution in [2.24, 2.45) is 0 Å². The molecule has 2 aliphatic carbocycles. The quantitative estimate of drug-likeness (QED) is 0.547. The molecular formula is C15H12N2O3. The zero-order valence-corrected chi connectivity index (χ0v) is 10.8. The third kappa shape index (κ3) is 1.46. The Kier molecular flexibility index (Phi) is 2.41. The van der Waals surface area contributed by atoms with Crippen LogP contribution < -0.4 is 11.5 Å². The first-order valence-corrected chi connectivity index (χ1v) is 6.13. The van der Waals surface area contributed by atoms with E-state index in [2.05, 4.69) is 0 Å². The molecule has 5 nitrogen and oxygen atoms in total. The topological polar surface area (TPSA) is 103 Å². The second-order valence-electron chi connectivity index (χ2n) is 5.03. The van der Waals surface area contributed by atoms with E-state index in [0.29, 0.717) is 0 Å². The van der Waals surface area contributed by atoms with E-state index in [1.807, 2.05) is 0 Å². The smallest absolute Gasteiger partial charge is 0.198 e. The highest BCUT2D eigenvalue weighted by atomic mass is 16.2. The highest BCUT2D eigenvalue weighted by Crippen LogP contribution is 2.36. The van der Waals surface area contributed by atoms with Gasteiger partial charge in [0.25, 0.3) is 0 Å². The number of ketones is 3. The molecule has 0 amide bonds. The minimum Gasteiger partial charge on any atom is -0.397 e. The number of nitrogen functional groups attached to an aromatic ring is 2. The number of anilines is 2. The summed E-state index contributed by atoms with van der Waals surface area (Å²) in [5.41, 5.74) is 13.0. The highest BCUT2D eigenvalue weighted by molar-refractivity contribution is 6.39. The van der Waals surface area contributed by atoms with Gasteiger partial charge in [-0.1, -0.05) is 11.6 Å². The van der Waals surface area contributed by atoms with Crippen LogP contribution >= 0.6 is 0 Å². The molecule has 0 aromatic heterocycles. The van der Waals surface area contributed by atoms with Gasteiger partial charge in [-0.15, -0.1) is 0 Å². The molecule has 1 aromatic carbocycles. The van der Waals surface area contributed by atoms with E-state index in [0.717, 1.165) is 5.57 Å². The summed E-state index contributed by atoms with van der Waals surface area (Å²) in [6.07, 6.45) is 1.75. The number of allylic oxidation sites excluding steroid dienone is 4. The summed E-state index contributed by atoms with van der Waals surface area (Å²) in [6.45, 7) is 1.75. The molecule has 4 N–H and O–H groups in total. The number of Topliss-reactive ketones (excluding diaryl/α,β-unsaturated/α-hetero) is 3. The van der Waals surface area contributed by atoms with E-state index < -0.39 is 11.6 Å². The summed E-state index contributed by atoms with van der Waals surface area (Å²) >= 11 is 0. The molecule has 0 radical (unpaired) electrons. The molecule has 0 bridgehead atoms. The molecule has 0 aliphatic heterocycles. The molecule has 0 unspecified atom stereocenters. The maximum absolute atomic E-state index is 12.5. The fourth-order valence-electron chi connectivity index (χ4n) is 2.63. The van der Waals surface area contributed by atoms with Gasteiger partial charge in [0.05, 0.1) is 22.5 Å². The first-order valence-electron chi connectivity index (χ1n) is 6.13. The molecule has 100 valence electrons. The molecular weight excluding hydrogens is 256 g/mol. The third-order valence-corrected chi connectivity index (χ3v) is 3.60. The molecule has 2 aliphatic rings. The number of carbonyl (C=O) groups excluding carboxylic acids is 3. The monoisotopic (exact) mass is 268 g/mol. The summed E-state index contributed by atoms with van der Waals surface area (Å²) in [7, 11) is 0. The van der Waals surface area contributed by atoms with Gasteiger partial charge in [0.2, 0.25) is 0 Å². The van der Waals surface area contributed by atoms with Crippen molar-refractivity contribution in [3.63, 3.8) is 0 Å². The molecule has 0 saturated carbocycles. The Hall–Kier alpha value is -2.69. The summed E-state index contributed by atoms with van der Waals surface area (Å²) in [4.78, 5) is 37.0. The van der Waals surface area contributed by atoms with Crippen LogP contribution in [0.5, 0.6) is 0 Å². The van der Waals surface area contributed by atoms with E-state index in [1.54, 1.807) is 13.0 Å². The Morgan fingerprint density at radius 1 is 1.05 bits per heavy atom. The number of nitrogens with two attached hydrogens (primary N) is 2. The number of rotatable bonds is 0. The molecule has 0 fully saturated rings. The van der Waals surface area contributed by atoms with E-state index in [-0.39, 0.29) is 45.9 Å². The molecule has 3 rings (SSSR count). The van der Waals surface area contributed by atoms with Gasteiger partial charge in [0.15, 0.2) is 17.3 Å². The van der Waals surface area contributed by atoms with Crippen molar-refractivity contribution in [1.82, 2.24) is 0 Å². The molecule has 5 heteroatoms. The Labute approximate surface area is 114 Å². The Bertz CT molecular complexity index is 770. The molecule has 0 saturated heterocycles. The Balaban J connectivity index is 2.34. The molecule has 0 atom stereocenters.